The molecule has 4 nitrogen and oxygen atoms in total. The summed E-state index contributed by atoms with van der Waals surface area (Å²) >= 11 is 1.88. The molecular weight excluding hydrogens is 222 g/mol. The number of aromatic nitrogens is 3. The van der Waals surface area contributed by atoms with E-state index < -0.39 is 0 Å². The van der Waals surface area contributed by atoms with E-state index in [4.69, 9.17) is 4.74 Å². The highest BCUT2D eigenvalue weighted by molar-refractivity contribution is 7.99. The van der Waals surface area contributed by atoms with Crippen molar-refractivity contribution >= 4 is 11.8 Å². The lowest BCUT2D eigenvalue weighted by Crippen LogP contribution is -2.08. The molecule has 1 aromatic rings. The quantitative estimate of drug-likeness (QED) is 0.765. The minimum atomic E-state index is 0.509. The molecule has 0 amide bonds. The Hall–Kier alpha value is -0.550. The number of thioether (sulfide) groups is 1. The van der Waals surface area contributed by atoms with Crippen molar-refractivity contribution in [3.8, 4) is 0 Å². The molecule has 5 heteroatoms. The zero-order valence-electron chi connectivity index (χ0n) is 10.1. The number of rotatable bonds is 6. The van der Waals surface area contributed by atoms with Crippen molar-refractivity contribution < 1.29 is 4.74 Å². The average Bonchev–Trinajstić information content (AvgIpc) is 3.01. The molecule has 0 spiro atoms. The first kappa shape index (κ1) is 11.9. The van der Waals surface area contributed by atoms with E-state index in [1.807, 2.05) is 18.7 Å². The van der Waals surface area contributed by atoms with Gasteiger partial charge < -0.3 is 9.30 Å². The first-order valence-electron chi connectivity index (χ1n) is 5.73. The number of ether oxygens (including phenoxy) is 1. The Kier molecular flexibility index (Phi) is 3.86. The van der Waals surface area contributed by atoms with Gasteiger partial charge in [-0.05, 0) is 19.8 Å². The van der Waals surface area contributed by atoms with Crippen LogP contribution in [0.2, 0.25) is 0 Å². The van der Waals surface area contributed by atoms with Crippen LogP contribution in [0.25, 0.3) is 0 Å². The molecule has 1 aliphatic rings. The molecule has 1 fully saturated rings. The smallest absolute Gasteiger partial charge is 0.143 e. The molecule has 0 saturated heterocycles. The first-order valence-corrected chi connectivity index (χ1v) is 6.78. The Morgan fingerprint density at radius 2 is 2.25 bits per heavy atom. The largest absolute Gasteiger partial charge is 0.384 e. The molecule has 0 radical (unpaired) electrons. The normalized spacial score (nSPS) is 17.7. The van der Waals surface area contributed by atoms with Crippen LogP contribution < -0.4 is 0 Å². The fourth-order valence-electron chi connectivity index (χ4n) is 1.82. The summed E-state index contributed by atoms with van der Waals surface area (Å²) in [6.45, 7) is 5.01. The summed E-state index contributed by atoms with van der Waals surface area (Å²) in [6.07, 6.45) is 2.56. The first-order chi connectivity index (χ1) is 7.72. The predicted molar refractivity (Wildman–Crippen MR) is 65.7 cm³/mol. The van der Waals surface area contributed by atoms with E-state index in [0.717, 1.165) is 24.0 Å². The van der Waals surface area contributed by atoms with Gasteiger partial charge >= 0.3 is 0 Å². The molecular formula is C11H19N3OS. The van der Waals surface area contributed by atoms with Gasteiger partial charge in [-0.25, -0.2) is 0 Å². The van der Waals surface area contributed by atoms with E-state index in [0.29, 0.717) is 11.3 Å². The third-order valence-corrected chi connectivity index (χ3v) is 3.88. The van der Waals surface area contributed by atoms with Crippen LogP contribution in [0.5, 0.6) is 0 Å². The lowest BCUT2D eigenvalue weighted by atomic mass is 10.5. The maximum Gasteiger partial charge on any atom is 0.143 e. The molecule has 0 bridgehead atoms. The van der Waals surface area contributed by atoms with Gasteiger partial charge in [0, 0.05) is 18.4 Å². The van der Waals surface area contributed by atoms with Crippen LogP contribution in [-0.2, 0) is 10.5 Å². The summed E-state index contributed by atoms with van der Waals surface area (Å²) in [5.41, 5.74) is 0. The highest BCUT2D eigenvalue weighted by Crippen LogP contribution is 2.37. The van der Waals surface area contributed by atoms with Crippen LogP contribution in [0.1, 0.15) is 37.5 Å². The van der Waals surface area contributed by atoms with E-state index in [1.165, 1.54) is 12.8 Å². The number of aryl methyl sites for hydroxylation is 1. The fourth-order valence-corrected chi connectivity index (χ4v) is 2.68. The molecule has 1 atom stereocenters. The minimum Gasteiger partial charge on any atom is -0.384 e. The summed E-state index contributed by atoms with van der Waals surface area (Å²) in [5, 5.41) is 8.94. The van der Waals surface area contributed by atoms with Crippen LogP contribution in [0, 0.1) is 6.92 Å². The highest BCUT2D eigenvalue weighted by Gasteiger charge is 2.28. The lowest BCUT2D eigenvalue weighted by Gasteiger charge is -2.10. The molecule has 90 valence electrons. The summed E-state index contributed by atoms with van der Waals surface area (Å²) in [7, 11) is 1.74. The second-order valence-electron chi connectivity index (χ2n) is 4.34. The Morgan fingerprint density at radius 3 is 2.88 bits per heavy atom. The summed E-state index contributed by atoms with van der Waals surface area (Å²) < 4.78 is 7.42. The predicted octanol–water partition coefficient (Wildman–Crippen LogP) is 2.19. The SMILES string of the molecule is COC[C@H](C)SCc1nnc(C)n1C1CC1. The number of nitrogens with zero attached hydrogens (tertiary/aromatic N) is 3. The van der Waals surface area contributed by atoms with Gasteiger partial charge in [0.25, 0.3) is 0 Å². The molecule has 1 aliphatic carbocycles. The van der Waals surface area contributed by atoms with Gasteiger partial charge in [-0.15, -0.1) is 22.0 Å². The van der Waals surface area contributed by atoms with Gasteiger partial charge in [0.05, 0.1) is 12.4 Å². The van der Waals surface area contributed by atoms with Crippen LogP contribution >= 0.6 is 11.8 Å². The van der Waals surface area contributed by atoms with Gasteiger partial charge in [0.2, 0.25) is 0 Å². The highest BCUT2D eigenvalue weighted by atomic mass is 32.2. The zero-order valence-corrected chi connectivity index (χ0v) is 11.0. The second kappa shape index (κ2) is 5.19. The minimum absolute atomic E-state index is 0.509. The van der Waals surface area contributed by atoms with Gasteiger partial charge in [-0.2, -0.15) is 0 Å². The van der Waals surface area contributed by atoms with Gasteiger partial charge in [-0.3, -0.25) is 0 Å². The van der Waals surface area contributed by atoms with Crippen molar-refractivity contribution in [2.45, 2.75) is 43.7 Å². The molecule has 0 aliphatic heterocycles. The molecule has 1 saturated carbocycles. The topological polar surface area (TPSA) is 39.9 Å². The Bertz CT molecular complexity index is 349. The second-order valence-corrected chi connectivity index (χ2v) is 5.77. The molecule has 1 aromatic heterocycles. The van der Waals surface area contributed by atoms with E-state index in [9.17, 15) is 0 Å². The van der Waals surface area contributed by atoms with E-state index >= 15 is 0 Å². The standard InChI is InChI=1S/C11H19N3OS/c1-8(6-15-3)16-7-11-13-12-9(2)14(11)10-4-5-10/h8,10H,4-7H2,1-3H3/t8-/m0/s1. The summed E-state index contributed by atoms with van der Waals surface area (Å²) in [6, 6.07) is 0.670. The molecule has 0 aromatic carbocycles. The molecule has 2 rings (SSSR count). The summed E-state index contributed by atoms with van der Waals surface area (Å²) in [4.78, 5) is 0. The van der Waals surface area contributed by atoms with Gasteiger partial charge in [0.1, 0.15) is 11.6 Å². The Labute approximate surface area is 101 Å². The average molecular weight is 241 g/mol. The maximum atomic E-state index is 5.12. The molecule has 16 heavy (non-hydrogen) atoms. The number of methoxy groups -OCH3 is 1. The molecule has 0 unspecified atom stereocenters. The monoisotopic (exact) mass is 241 g/mol. The van der Waals surface area contributed by atoms with Crippen LogP contribution in [-0.4, -0.2) is 33.7 Å². The van der Waals surface area contributed by atoms with Crippen LogP contribution in [0.4, 0.5) is 0 Å². The van der Waals surface area contributed by atoms with Crippen molar-refractivity contribution in [3.63, 3.8) is 0 Å². The van der Waals surface area contributed by atoms with Crippen molar-refractivity contribution in [1.29, 1.82) is 0 Å². The third kappa shape index (κ3) is 2.77. The van der Waals surface area contributed by atoms with Crippen LogP contribution in [0.15, 0.2) is 0 Å². The van der Waals surface area contributed by atoms with Crippen molar-refractivity contribution in [2.24, 2.45) is 0 Å². The molecule has 0 N–H and O–H groups in total. The van der Waals surface area contributed by atoms with Crippen molar-refractivity contribution in [1.82, 2.24) is 14.8 Å². The van der Waals surface area contributed by atoms with E-state index in [2.05, 4.69) is 21.7 Å². The zero-order chi connectivity index (χ0) is 11.5. The lowest BCUT2D eigenvalue weighted by molar-refractivity contribution is 0.203. The molecule has 1 heterocycles. The van der Waals surface area contributed by atoms with Gasteiger partial charge in [-0.1, -0.05) is 6.92 Å². The Morgan fingerprint density at radius 1 is 1.50 bits per heavy atom. The summed E-state index contributed by atoms with van der Waals surface area (Å²) in [5.74, 6) is 3.10. The van der Waals surface area contributed by atoms with Gasteiger partial charge in [0.15, 0.2) is 0 Å². The maximum absolute atomic E-state index is 5.12. The number of hydrogen-bond donors (Lipinski definition) is 0. The fraction of sp³-hybridized carbons (Fsp3) is 0.818. The van der Waals surface area contributed by atoms with Crippen LogP contribution in [0.3, 0.4) is 0 Å². The van der Waals surface area contributed by atoms with Crippen molar-refractivity contribution in [2.75, 3.05) is 13.7 Å². The van der Waals surface area contributed by atoms with E-state index in [-0.39, 0.29) is 0 Å². The van der Waals surface area contributed by atoms with Crippen molar-refractivity contribution in [3.05, 3.63) is 11.6 Å². The Balaban J connectivity index is 1.93. The number of hydrogen-bond acceptors (Lipinski definition) is 4. The van der Waals surface area contributed by atoms with E-state index in [1.54, 1.807) is 7.11 Å². The third-order valence-electron chi connectivity index (χ3n) is 2.75.